The maximum absolute atomic E-state index is 12.5. The van der Waals surface area contributed by atoms with Crippen LogP contribution in [0.2, 0.25) is 0 Å². The lowest BCUT2D eigenvalue weighted by Crippen LogP contribution is -2.44. The number of rotatable bonds is 2. The van der Waals surface area contributed by atoms with Gasteiger partial charge in [-0.1, -0.05) is 13.8 Å². The molecule has 98 valence electrons. The Labute approximate surface area is 111 Å². The summed E-state index contributed by atoms with van der Waals surface area (Å²) >= 11 is 1.92. The van der Waals surface area contributed by atoms with Gasteiger partial charge >= 0.3 is 0 Å². The number of carbonyl (C=O) groups excluding carboxylic acids is 1. The molecule has 2 atom stereocenters. The molecule has 18 heavy (non-hydrogen) atoms. The zero-order valence-electron chi connectivity index (χ0n) is 10.6. The number of thioether (sulfide) groups is 1. The van der Waals surface area contributed by atoms with Crippen LogP contribution in [0.1, 0.15) is 24.2 Å². The van der Waals surface area contributed by atoms with Crippen LogP contribution < -0.4 is 11.3 Å². The Hall–Kier alpha value is -1.27. The third kappa shape index (κ3) is 2.76. The second kappa shape index (κ2) is 5.58. The van der Waals surface area contributed by atoms with Crippen LogP contribution in [-0.4, -0.2) is 39.4 Å². The van der Waals surface area contributed by atoms with Crippen molar-refractivity contribution in [3.63, 3.8) is 0 Å². The van der Waals surface area contributed by atoms with Crippen LogP contribution in [-0.2, 0) is 0 Å². The average Bonchev–Trinajstić information content (AvgIpc) is 2.36. The van der Waals surface area contributed by atoms with E-state index in [1.165, 1.54) is 0 Å². The van der Waals surface area contributed by atoms with E-state index >= 15 is 0 Å². The van der Waals surface area contributed by atoms with Crippen LogP contribution >= 0.6 is 11.8 Å². The number of carbonyl (C=O) groups is 1. The highest BCUT2D eigenvalue weighted by molar-refractivity contribution is 8.00. The van der Waals surface area contributed by atoms with Gasteiger partial charge in [-0.25, -0.2) is 0 Å². The van der Waals surface area contributed by atoms with Crippen molar-refractivity contribution in [3.8, 4) is 0 Å². The number of aromatic nitrogens is 1. The summed E-state index contributed by atoms with van der Waals surface area (Å²) in [5.41, 5.74) is 3.70. The average molecular weight is 266 g/mol. The first-order chi connectivity index (χ1) is 8.61. The topological polar surface area (TPSA) is 71.2 Å². The number of nitrogens with one attached hydrogen (secondary N) is 1. The van der Waals surface area contributed by atoms with E-state index in [0.29, 0.717) is 21.8 Å². The lowest BCUT2D eigenvalue weighted by atomic mass is 10.2. The minimum atomic E-state index is -0.00458. The summed E-state index contributed by atoms with van der Waals surface area (Å²) in [5.74, 6) is 5.42. The van der Waals surface area contributed by atoms with Crippen molar-refractivity contribution in [1.29, 1.82) is 0 Å². The lowest BCUT2D eigenvalue weighted by molar-refractivity contribution is 0.0754. The van der Waals surface area contributed by atoms with E-state index in [9.17, 15) is 4.79 Å². The van der Waals surface area contributed by atoms with E-state index in [4.69, 9.17) is 5.84 Å². The Kier molecular flexibility index (Phi) is 4.08. The van der Waals surface area contributed by atoms with E-state index in [0.717, 1.165) is 13.1 Å². The molecule has 1 aliphatic rings. The Morgan fingerprint density at radius 3 is 2.78 bits per heavy atom. The maximum Gasteiger partial charge on any atom is 0.257 e. The van der Waals surface area contributed by atoms with Gasteiger partial charge in [0.25, 0.3) is 5.91 Å². The first-order valence-corrected chi connectivity index (χ1v) is 6.91. The molecule has 0 radical (unpaired) electrons. The second-order valence-electron chi connectivity index (χ2n) is 4.53. The lowest BCUT2D eigenvalue weighted by Gasteiger charge is -2.34. The maximum atomic E-state index is 12.5. The van der Waals surface area contributed by atoms with E-state index in [1.54, 1.807) is 18.5 Å². The molecule has 0 aliphatic carbocycles. The molecular formula is C12H18N4OS. The Bertz CT molecular complexity index is 430. The number of nitrogens with two attached hydrogens (primary N) is 1. The second-order valence-corrected chi connectivity index (χ2v) is 6.41. The van der Waals surface area contributed by atoms with Gasteiger partial charge in [-0.15, -0.1) is 0 Å². The molecule has 1 fully saturated rings. The van der Waals surface area contributed by atoms with Crippen molar-refractivity contribution >= 4 is 23.4 Å². The molecule has 2 unspecified atom stereocenters. The number of amides is 1. The van der Waals surface area contributed by atoms with Crippen molar-refractivity contribution in [2.45, 2.75) is 24.3 Å². The quantitative estimate of drug-likeness (QED) is 0.624. The summed E-state index contributed by atoms with van der Waals surface area (Å²) in [6, 6.07) is 1.71. The third-order valence-electron chi connectivity index (χ3n) is 2.91. The molecule has 5 nitrogen and oxygen atoms in total. The van der Waals surface area contributed by atoms with Gasteiger partial charge in [-0.3, -0.25) is 15.6 Å². The molecule has 6 heteroatoms. The smallest absolute Gasteiger partial charge is 0.257 e. The predicted molar refractivity (Wildman–Crippen MR) is 74.5 cm³/mol. The molecular weight excluding hydrogens is 248 g/mol. The predicted octanol–water partition coefficient (Wildman–Crippen LogP) is 1.33. The molecule has 1 aromatic rings. The Balaban J connectivity index is 2.20. The molecule has 0 spiro atoms. The van der Waals surface area contributed by atoms with Crippen LogP contribution in [0.25, 0.3) is 0 Å². The van der Waals surface area contributed by atoms with Gasteiger partial charge in [-0.2, -0.15) is 11.8 Å². The molecule has 2 heterocycles. The van der Waals surface area contributed by atoms with Crippen LogP contribution in [0.5, 0.6) is 0 Å². The molecule has 0 bridgehead atoms. The fourth-order valence-electron chi connectivity index (χ4n) is 2.20. The van der Waals surface area contributed by atoms with Crippen molar-refractivity contribution in [3.05, 3.63) is 24.0 Å². The van der Waals surface area contributed by atoms with Gasteiger partial charge in [0.1, 0.15) is 0 Å². The summed E-state index contributed by atoms with van der Waals surface area (Å²) in [7, 11) is 0. The number of hydrazine groups is 1. The monoisotopic (exact) mass is 266 g/mol. The van der Waals surface area contributed by atoms with Crippen molar-refractivity contribution in [1.82, 2.24) is 9.88 Å². The molecule has 3 N–H and O–H groups in total. The third-order valence-corrected chi connectivity index (χ3v) is 4.14. The largest absolute Gasteiger partial charge is 0.336 e. The van der Waals surface area contributed by atoms with E-state index in [-0.39, 0.29) is 5.91 Å². The normalized spacial score (nSPS) is 23.8. The van der Waals surface area contributed by atoms with Crippen LogP contribution in [0.15, 0.2) is 18.5 Å². The fourth-order valence-corrected chi connectivity index (χ4v) is 3.53. The van der Waals surface area contributed by atoms with E-state index in [2.05, 4.69) is 24.3 Å². The highest BCUT2D eigenvalue weighted by atomic mass is 32.2. The van der Waals surface area contributed by atoms with Gasteiger partial charge in [0.15, 0.2) is 0 Å². The molecule has 0 saturated carbocycles. The number of nitrogen functional groups attached to an aromatic ring is 1. The zero-order valence-corrected chi connectivity index (χ0v) is 11.4. The minimum absolute atomic E-state index is 0.00458. The van der Waals surface area contributed by atoms with E-state index < -0.39 is 0 Å². The Morgan fingerprint density at radius 2 is 2.17 bits per heavy atom. The number of anilines is 1. The number of hydrogen-bond acceptors (Lipinski definition) is 5. The van der Waals surface area contributed by atoms with Gasteiger partial charge in [0, 0.05) is 36.0 Å². The van der Waals surface area contributed by atoms with Crippen molar-refractivity contribution < 1.29 is 4.79 Å². The van der Waals surface area contributed by atoms with Crippen molar-refractivity contribution in [2.75, 3.05) is 18.5 Å². The minimum Gasteiger partial charge on any atom is -0.336 e. The van der Waals surface area contributed by atoms with E-state index in [1.807, 2.05) is 16.7 Å². The fraction of sp³-hybridized carbons (Fsp3) is 0.500. The van der Waals surface area contributed by atoms with Crippen LogP contribution in [0.4, 0.5) is 5.69 Å². The summed E-state index contributed by atoms with van der Waals surface area (Å²) < 4.78 is 0. The number of pyridine rings is 1. The van der Waals surface area contributed by atoms with Crippen molar-refractivity contribution in [2.24, 2.45) is 5.84 Å². The summed E-state index contributed by atoms with van der Waals surface area (Å²) in [6.45, 7) is 5.83. The molecule has 2 rings (SSSR count). The first-order valence-electron chi connectivity index (χ1n) is 5.97. The molecule has 1 aromatic heterocycles. The summed E-state index contributed by atoms with van der Waals surface area (Å²) in [5, 5.41) is 0.923. The standard InChI is InChI=1S/C12H18N4OS/c1-8-6-16(7-9(2)18-8)12(17)10-5-14-4-3-11(10)15-13/h3-5,8-9H,6-7,13H2,1-2H3,(H,14,15). The highest BCUT2D eigenvalue weighted by Crippen LogP contribution is 2.26. The first kappa shape index (κ1) is 13.2. The van der Waals surface area contributed by atoms with Gasteiger partial charge < -0.3 is 10.3 Å². The molecule has 1 saturated heterocycles. The summed E-state index contributed by atoms with van der Waals surface area (Å²) in [4.78, 5) is 18.3. The summed E-state index contributed by atoms with van der Waals surface area (Å²) in [6.07, 6.45) is 3.18. The Morgan fingerprint density at radius 1 is 1.50 bits per heavy atom. The number of hydrogen-bond donors (Lipinski definition) is 2. The zero-order chi connectivity index (χ0) is 13.1. The SMILES string of the molecule is CC1CN(C(=O)c2cnccc2NN)CC(C)S1. The highest BCUT2D eigenvalue weighted by Gasteiger charge is 2.27. The molecule has 1 aliphatic heterocycles. The van der Waals surface area contributed by atoms with Gasteiger partial charge in [0.2, 0.25) is 0 Å². The number of nitrogens with zero attached hydrogens (tertiary/aromatic N) is 2. The van der Waals surface area contributed by atoms with Gasteiger partial charge in [-0.05, 0) is 6.07 Å². The van der Waals surface area contributed by atoms with Crippen LogP contribution in [0.3, 0.4) is 0 Å². The van der Waals surface area contributed by atoms with Gasteiger partial charge in [0.05, 0.1) is 11.3 Å². The van der Waals surface area contributed by atoms with Crippen LogP contribution in [0, 0.1) is 0 Å². The molecule has 1 amide bonds. The molecule has 0 aromatic carbocycles.